The van der Waals surface area contributed by atoms with Crippen LogP contribution in [0.5, 0.6) is 17.2 Å². The third kappa shape index (κ3) is 6.48. The van der Waals surface area contributed by atoms with Crippen molar-refractivity contribution in [2.45, 2.75) is 6.54 Å². The number of methoxy groups -OCH3 is 2. The summed E-state index contributed by atoms with van der Waals surface area (Å²) in [4.78, 5) is 19.8. The van der Waals surface area contributed by atoms with E-state index in [9.17, 15) is 0 Å². The molecule has 6 rings (SSSR count). The molecule has 3 heterocycles. The molecule has 0 aliphatic heterocycles. The summed E-state index contributed by atoms with van der Waals surface area (Å²) in [5, 5.41) is 10.7. The lowest BCUT2D eigenvalue weighted by Crippen LogP contribution is -2.22. The number of anilines is 2. The number of aromatic amines is 2. The summed E-state index contributed by atoms with van der Waals surface area (Å²) in [5.41, 5.74) is 5.15. The van der Waals surface area contributed by atoms with Crippen molar-refractivity contribution in [2.75, 3.05) is 39.7 Å². The molecule has 0 radical (unpaired) electrons. The molecule has 0 bridgehead atoms. The van der Waals surface area contributed by atoms with Crippen LogP contribution in [-0.4, -0.2) is 69.5 Å². The number of H-pyrrole nitrogens is 2. The van der Waals surface area contributed by atoms with E-state index in [2.05, 4.69) is 49.6 Å². The van der Waals surface area contributed by atoms with Crippen molar-refractivity contribution in [3.63, 3.8) is 0 Å². The molecule has 218 valence electrons. The van der Waals surface area contributed by atoms with Crippen LogP contribution in [0.25, 0.3) is 33.9 Å². The zero-order valence-electron chi connectivity index (χ0n) is 24.2. The molecule has 0 spiro atoms. The van der Waals surface area contributed by atoms with Crippen LogP contribution >= 0.6 is 0 Å². The first kappa shape index (κ1) is 27.9. The molecule has 0 amide bonds. The van der Waals surface area contributed by atoms with Crippen LogP contribution in [0.15, 0.2) is 85.2 Å². The minimum atomic E-state index is 0.486. The average molecular weight is 577 g/mol. The van der Waals surface area contributed by atoms with Crippen LogP contribution < -0.4 is 14.8 Å². The van der Waals surface area contributed by atoms with Crippen molar-refractivity contribution >= 4 is 22.5 Å². The molecular formula is C32H32N8O3. The summed E-state index contributed by atoms with van der Waals surface area (Å²) in [6.45, 7) is 2.35. The lowest BCUT2D eigenvalue weighted by atomic mass is 10.2. The van der Waals surface area contributed by atoms with Crippen molar-refractivity contribution in [3.05, 3.63) is 90.8 Å². The summed E-state index contributed by atoms with van der Waals surface area (Å²) in [5.74, 6) is 3.57. The topological polar surface area (TPSA) is 126 Å². The molecule has 3 N–H and O–H groups in total. The van der Waals surface area contributed by atoms with Crippen molar-refractivity contribution in [2.24, 2.45) is 0 Å². The predicted octanol–water partition coefficient (Wildman–Crippen LogP) is 6.03. The maximum Gasteiger partial charge on any atom is 0.179 e. The Balaban J connectivity index is 1.25. The van der Waals surface area contributed by atoms with Gasteiger partial charge in [-0.15, -0.1) is 0 Å². The van der Waals surface area contributed by atoms with Gasteiger partial charge in [0.15, 0.2) is 23.2 Å². The number of imidazole rings is 1. The Morgan fingerprint density at radius 1 is 0.907 bits per heavy atom. The molecule has 11 heteroatoms. The van der Waals surface area contributed by atoms with E-state index >= 15 is 0 Å². The molecule has 3 aromatic heterocycles. The number of fused-ring (bicyclic) bond motifs is 1. The lowest BCUT2D eigenvalue weighted by molar-refractivity contribution is 0.158. The molecular weight excluding hydrogens is 544 g/mol. The first-order valence-corrected chi connectivity index (χ1v) is 13.8. The highest BCUT2D eigenvalue weighted by Gasteiger charge is 2.17. The first-order valence-electron chi connectivity index (χ1n) is 13.8. The van der Waals surface area contributed by atoms with E-state index in [1.54, 1.807) is 26.6 Å². The van der Waals surface area contributed by atoms with Crippen LogP contribution in [0.2, 0.25) is 0 Å². The summed E-state index contributed by atoms with van der Waals surface area (Å²) < 4.78 is 16.8. The van der Waals surface area contributed by atoms with Gasteiger partial charge in [0.25, 0.3) is 0 Å². The monoisotopic (exact) mass is 576 g/mol. The van der Waals surface area contributed by atoms with Gasteiger partial charge in [-0.3, -0.25) is 10.00 Å². The Morgan fingerprint density at radius 2 is 1.77 bits per heavy atom. The second-order valence-electron chi connectivity index (χ2n) is 10.0. The Hall–Kier alpha value is -5.26. The van der Waals surface area contributed by atoms with E-state index < -0.39 is 0 Å². The van der Waals surface area contributed by atoms with Gasteiger partial charge >= 0.3 is 0 Å². The fraction of sp³-hybridized carbons (Fsp3) is 0.188. The number of para-hydroxylation sites is 1. The molecule has 6 aromatic rings. The first-order chi connectivity index (χ1) is 21.1. The number of likely N-dealkylation sites (N-methyl/N-ethyl adjacent to an activating group) is 1. The molecule has 3 aromatic carbocycles. The minimum Gasteiger partial charge on any atom is -0.491 e. The number of rotatable bonds is 12. The highest BCUT2D eigenvalue weighted by atomic mass is 16.5. The van der Waals surface area contributed by atoms with E-state index in [0.717, 1.165) is 35.4 Å². The molecule has 11 nitrogen and oxygen atoms in total. The second-order valence-corrected chi connectivity index (χ2v) is 10.0. The number of hydrogen-bond donors (Lipinski definition) is 3. The van der Waals surface area contributed by atoms with Gasteiger partial charge in [0.2, 0.25) is 0 Å². The standard InChI is InChI=1S/C32H32N8O3/c1-40(14-15-41-2)20-21-12-13-25-26(16-21)36-32(35-25)29-27(18-34-39-29)37-31-28(42-3)19-33-30(38-31)22-8-7-11-24(17-22)43-23-9-5-4-6-10-23/h4-13,16-19H,14-15,20H2,1-3H3,(H,34,39)(H,35,36)(H,33,37,38). The summed E-state index contributed by atoms with van der Waals surface area (Å²) in [6.07, 6.45) is 3.33. The van der Waals surface area contributed by atoms with Crippen molar-refractivity contribution in [1.82, 2.24) is 35.0 Å². The molecule has 0 fully saturated rings. The van der Waals surface area contributed by atoms with E-state index in [1.807, 2.05) is 60.7 Å². The SMILES string of the molecule is COCCN(C)Cc1ccc2nc(-c3[nH]ncc3Nc3nc(-c4cccc(Oc5ccccc5)c4)ncc3OC)[nH]c2c1. The fourth-order valence-electron chi connectivity index (χ4n) is 4.67. The van der Waals surface area contributed by atoms with E-state index in [4.69, 9.17) is 24.2 Å². The number of aromatic nitrogens is 6. The van der Waals surface area contributed by atoms with Crippen molar-refractivity contribution < 1.29 is 14.2 Å². The summed E-state index contributed by atoms with van der Waals surface area (Å²) >= 11 is 0. The molecule has 0 aliphatic rings. The third-order valence-electron chi connectivity index (χ3n) is 6.85. The zero-order chi connectivity index (χ0) is 29.6. The second kappa shape index (κ2) is 12.7. The summed E-state index contributed by atoms with van der Waals surface area (Å²) in [7, 11) is 5.37. The molecule has 0 saturated carbocycles. The third-order valence-corrected chi connectivity index (χ3v) is 6.85. The van der Waals surface area contributed by atoms with Gasteiger partial charge in [0.05, 0.1) is 42.8 Å². The number of hydrogen-bond acceptors (Lipinski definition) is 9. The van der Waals surface area contributed by atoms with Gasteiger partial charge < -0.3 is 24.5 Å². The Kier molecular flexibility index (Phi) is 8.25. The number of ether oxygens (including phenoxy) is 3. The van der Waals surface area contributed by atoms with Crippen LogP contribution in [0.4, 0.5) is 11.5 Å². The van der Waals surface area contributed by atoms with Crippen molar-refractivity contribution in [1.29, 1.82) is 0 Å². The van der Waals surface area contributed by atoms with Gasteiger partial charge in [0, 0.05) is 25.8 Å². The smallest absolute Gasteiger partial charge is 0.179 e. The predicted molar refractivity (Wildman–Crippen MR) is 166 cm³/mol. The highest BCUT2D eigenvalue weighted by molar-refractivity contribution is 5.83. The van der Waals surface area contributed by atoms with Gasteiger partial charge in [0.1, 0.15) is 17.2 Å². The van der Waals surface area contributed by atoms with E-state index in [0.29, 0.717) is 47.0 Å². The van der Waals surface area contributed by atoms with E-state index in [1.165, 1.54) is 5.56 Å². The number of nitrogens with one attached hydrogen (secondary N) is 3. The molecule has 0 unspecified atom stereocenters. The highest BCUT2D eigenvalue weighted by Crippen LogP contribution is 2.33. The Labute approximate surface area is 248 Å². The van der Waals surface area contributed by atoms with E-state index in [-0.39, 0.29) is 0 Å². The molecule has 0 atom stereocenters. The Bertz CT molecular complexity index is 1820. The lowest BCUT2D eigenvalue weighted by Gasteiger charge is -2.15. The summed E-state index contributed by atoms with van der Waals surface area (Å²) in [6, 6.07) is 23.5. The number of nitrogens with zero attached hydrogens (tertiary/aromatic N) is 5. The maximum atomic E-state index is 6.01. The van der Waals surface area contributed by atoms with Gasteiger partial charge in [-0.2, -0.15) is 5.10 Å². The largest absolute Gasteiger partial charge is 0.491 e. The quantitative estimate of drug-likeness (QED) is 0.160. The van der Waals surface area contributed by atoms with Crippen molar-refractivity contribution in [3.8, 4) is 40.2 Å². The molecule has 43 heavy (non-hydrogen) atoms. The van der Waals surface area contributed by atoms with Crippen LogP contribution in [0.3, 0.4) is 0 Å². The molecule has 0 aliphatic carbocycles. The average Bonchev–Trinajstić information content (AvgIpc) is 3.67. The normalized spacial score (nSPS) is 11.3. The fourth-order valence-corrected chi connectivity index (χ4v) is 4.67. The van der Waals surface area contributed by atoms with Crippen LogP contribution in [0, 0.1) is 0 Å². The van der Waals surface area contributed by atoms with Gasteiger partial charge in [-0.1, -0.05) is 36.4 Å². The molecule has 0 saturated heterocycles. The van der Waals surface area contributed by atoms with Gasteiger partial charge in [-0.05, 0) is 49.0 Å². The Morgan fingerprint density at radius 3 is 2.60 bits per heavy atom. The van der Waals surface area contributed by atoms with Gasteiger partial charge in [-0.25, -0.2) is 15.0 Å². The number of benzene rings is 3. The maximum absolute atomic E-state index is 6.01. The van der Waals surface area contributed by atoms with Crippen LogP contribution in [-0.2, 0) is 11.3 Å². The van der Waals surface area contributed by atoms with Crippen LogP contribution in [0.1, 0.15) is 5.56 Å². The zero-order valence-corrected chi connectivity index (χ0v) is 24.2. The minimum absolute atomic E-state index is 0.486.